The molecule has 1 rings (SSSR count). The molecule has 0 amide bonds. The van der Waals surface area contributed by atoms with Crippen molar-refractivity contribution in [3.8, 4) is 5.75 Å². The van der Waals surface area contributed by atoms with E-state index in [1.54, 1.807) is 7.11 Å². The summed E-state index contributed by atoms with van der Waals surface area (Å²) in [7, 11) is 1.64. The van der Waals surface area contributed by atoms with Crippen LogP contribution in [0.1, 0.15) is 12.0 Å². The van der Waals surface area contributed by atoms with Crippen LogP contribution in [-0.4, -0.2) is 12.9 Å². The van der Waals surface area contributed by atoms with Gasteiger partial charge in [-0.25, -0.2) is 0 Å². The Bertz CT molecular complexity index is 279. The van der Waals surface area contributed by atoms with Crippen molar-refractivity contribution in [1.82, 2.24) is 0 Å². The molecule has 0 bridgehead atoms. The number of amidine groups is 1. The highest BCUT2D eigenvalue weighted by molar-refractivity contribution is 5.77. The van der Waals surface area contributed by atoms with E-state index < -0.39 is 0 Å². The number of ether oxygens (including phenoxy) is 1. The van der Waals surface area contributed by atoms with Crippen LogP contribution in [0.2, 0.25) is 0 Å². The first-order chi connectivity index (χ1) is 6.22. The first-order valence-corrected chi connectivity index (χ1v) is 4.18. The molecular weight excluding hydrogens is 164 g/mol. The van der Waals surface area contributed by atoms with Gasteiger partial charge in [0.05, 0.1) is 12.9 Å². The van der Waals surface area contributed by atoms with E-state index in [0.717, 1.165) is 12.2 Å². The highest BCUT2D eigenvalue weighted by atomic mass is 16.5. The second-order valence-corrected chi connectivity index (χ2v) is 2.87. The minimum atomic E-state index is 0.232. The number of hydrogen-bond donors (Lipinski definition) is 2. The number of rotatable bonds is 4. The van der Waals surface area contributed by atoms with Crippen LogP contribution in [0.15, 0.2) is 24.3 Å². The second kappa shape index (κ2) is 4.50. The van der Waals surface area contributed by atoms with Crippen molar-refractivity contribution in [2.24, 2.45) is 5.73 Å². The number of methoxy groups -OCH3 is 1. The molecule has 0 aromatic heterocycles. The van der Waals surface area contributed by atoms with Crippen molar-refractivity contribution in [3.63, 3.8) is 0 Å². The predicted molar refractivity (Wildman–Crippen MR) is 53.2 cm³/mol. The maximum atomic E-state index is 7.08. The van der Waals surface area contributed by atoms with Gasteiger partial charge in [0.25, 0.3) is 0 Å². The third-order valence-electron chi connectivity index (χ3n) is 1.84. The Morgan fingerprint density at radius 1 is 1.38 bits per heavy atom. The number of nitrogens with two attached hydrogens (primary N) is 1. The molecule has 1 aromatic rings. The molecule has 0 unspecified atom stereocenters. The SMILES string of the molecule is COc1ccc(CCC(=N)N)cc1. The van der Waals surface area contributed by atoms with Crippen LogP contribution in [0.4, 0.5) is 0 Å². The number of hydrogen-bond acceptors (Lipinski definition) is 2. The van der Waals surface area contributed by atoms with E-state index in [1.165, 1.54) is 5.56 Å². The van der Waals surface area contributed by atoms with Gasteiger partial charge in [-0.05, 0) is 24.1 Å². The zero-order valence-corrected chi connectivity index (χ0v) is 7.71. The first-order valence-electron chi connectivity index (χ1n) is 4.18. The molecule has 3 N–H and O–H groups in total. The molecule has 70 valence electrons. The van der Waals surface area contributed by atoms with E-state index in [0.29, 0.717) is 6.42 Å². The molecule has 0 aliphatic heterocycles. The molecule has 13 heavy (non-hydrogen) atoms. The topological polar surface area (TPSA) is 59.1 Å². The largest absolute Gasteiger partial charge is 0.497 e. The summed E-state index contributed by atoms with van der Waals surface area (Å²) in [5.74, 6) is 1.09. The monoisotopic (exact) mass is 178 g/mol. The fourth-order valence-corrected chi connectivity index (χ4v) is 1.07. The number of aryl methyl sites for hydroxylation is 1. The molecule has 0 saturated carbocycles. The Labute approximate surface area is 78.0 Å². The fourth-order valence-electron chi connectivity index (χ4n) is 1.07. The average molecular weight is 178 g/mol. The van der Waals surface area contributed by atoms with Crippen LogP contribution in [0, 0.1) is 5.41 Å². The van der Waals surface area contributed by atoms with Gasteiger partial charge in [0.15, 0.2) is 0 Å². The van der Waals surface area contributed by atoms with Crippen molar-refractivity contribution in [2.45, 2.75) is 12.8 Å². The summed E-state index contributed by atoms with van der Waals surface area (Å²) in [5.41, 5.74) is 6.43. The van der Waals surface area contributed by atoms with Crippen molar-refractivity contribution < 1.29 is 4.74 Å². The van der Waals surface area contributed by atoms with Crippen LogP contribution < -0.4 is 10.5 Å². The molecule has 0 atom stereocenters. The third kappa shape index (κ3) is 3.15. The zero-order chi connectivity index (χ0) is 9.68. The Kier molecular flexibility index (Phi) is 3.31. The predicted octanol–water partition coefficient (Wildman–Crippen LogP) is 1.56. The number of nitrogens with one attached hydrogen (secondary N) is 1. The van der Waals surface area contributed by atoms with Crippen molar-refractivity contribution >= 4 is 5.84 Å². The molecule has 0 aliphatic rings. The van der Waals surface area contributed by atoms with Crippen LogP contribution in [-0.2, 0) is 6.42 Å². The number of benzene rings is 1. The summed E-state index contributed by atoms with van der Waals surface area (Å²) in [6, 6.07) is 7.80. The molecule has 0 saturated heterocycles. The molecule has 0 spiro atoms. The first kappa shape index (κ1) is 9.58. The van der Waals surface area contributed by atoms with Crippen LogP contribution >= 0.6 is 0 Å². The minimum Gasteiger partial charge on any atom is -0.497 e. The zero-order valence-electron chi connectivity index (χ0n) is 7.71. The van der Waals surface area contributed by atoms with Gasteiger partial charge in [-0.2, -0.15) is 0 Å². The summed E-state index contributed by atoms with van der Waals surface area (Å²) in [6.45, 7) is 0. The normalized spacial score (nSPS) is 9.62. The van der Waals surface area contributed by atoms with E-state index in [1.807, 2.05) is 24.3 Å². The lowest BCUT2D eigenvalue weighted by molar-refractivity contribution is 0.414. The molecule has 3 nitrogen and oxygen atoms in total. The van der Waals surface area contributed by atoms with Gasteiger partial charge >= 0.3 is 0 Å². The maximum Gasteiger partial charge on any atom is 0.118 e. The Morgan fingerprint density at radius 2 is 2.00 bits per heavy atom. The fraction of sp³-hybridized carbons (Fsp3) is 0.300. The van der Waals surface area contributed by atoms with Gasteiger partial charge in [-0.1, -0.05) is 12.1 Å². The molecule has 3 heteroatoms. The van der Waals surface area contributed by atoms with Gasteiger partial charge in [0, 0.05) is 6.42 Å². The Morgan fingerprint density at radius 3 is 2.46 bits per heavy atom. The van der Waals surface area contributed by atoms with E-state index in [4.69, 9.17) is 15.9 Å². The van der Waals surface area contributed by atoms with Gasteiger partial charge in [-0.3, -0.25) is 5.41 Å². The molecule has 0 radical (unpaired) electrons. The Hall–Kier alpha value is -1.51. The molecule has 0 fully saturated rings. The maximum absolute atomic E-state index is 7.08. The molecule has 0 heterocycles. The highest BCUT2D eigenvalue weighted by Crippen LogP contribution is 2.12. The van der Waals surface area contributed by atoms with Gasteiger partial charge in [-0.15, -0.1) is 0 Å². The third-order valence-corrected chi connectivity index (χ3v) is 1.84. The van der Waals surface area contributed by atoms with Crippen molar-refractivity contribution in [1.29, 1.82) is 5.41 Å². The molecular formula is C10H14N2O. The van der Waals surface area contributed by atoms with Gasteiger partial charge < -0.3 is 10.5 Å². The van der Waals surface area contributed by atoms with Crippen LogP contribution in [0.3, 0.4) is 0 Å². The van der Waals surface area contributed by atoms with E-state index >= 15 is 0 Å². The lowest BCUT2D eigenvalue weighted by atomic mass is 10.1. The lowest BCUT2D eigenvalue weighted by Gasteiger charge is -2.02. The average Bonchev–Trinajstić information content (AvgIpc) is 2.15. The molecule has 0 aliphatic carbocycles. The van der Waals surface area contributed by atoms with Crippen molar-refractivity contribution in [3.05, 3.63) is 29.8 Å². The van der Waals surface area contributed by atoms with Crippen LogP contribution in [0.25, 0.3) is 0 Å². The summed E-state index contributed by atoms with van der Waals surface area (Å²) >= 11 is 0. The lowest BCUT2D eigenvalue weighted by Crippen LogP contribution is -2.10. The van der Waals surface area contributed by atoms with Gasteiger partial charge in [0.2, 0.25) is 0 Å². The summed E-state index contributed by atoms with van der Waals surface area (Å²) in [4.78, 5) is 0. The standard InChI is InChI=1S/C10H14N2O/c1-13-9-5-2-8(3-6-9)4-7-10(11)12/h2-3,5-6H,4,7H2,1H3,(H3,11,12). The van der Waals surface area contributed by atoms with Crippen molar-refractivity contribution in [2.75, 3.05) is 7.11 Å². The summed E-state index contributed by atoms with van der Waals surface area (Å²) in [5, 5.41) is 7.08. The second-order valence-electron chi connectivity index (χ2n) is 2.87. The van der Waals surface area contributed by atoms with E-state index in [-0.39, 0.29) is 5.84 Å². The smallest absolute Gasteiger partial charge is 0.118 e. The van der Waals surface area contributed by atoms with Crippen LogP contribution in [0.5, 0.6) is 5.75 Å². The van der Waals surface area contributed by atoms with E-state index in [2.05, 4.69) is 0 Å². The Balaban J connectivity index is 2.54. The highest BCUT2D eigenvalue weighted by Gasteiger charge is 1.95. The quantitative estimate of drug-likeness (QED) is 0.543. The minimum absolute atomic E-state index is 0.232. The summed E-state index contributed by atoms with van der Waals surface area (Å²) in [6.07, 6.45) is 1.44. The summed E-state index contributed by atoms with van der Waals surface area (Å²) < 4.78 is 5.03. The van der Waals surface area contributed by atoms with Gasteiger partial charge in [0.1, 0.15) is 5.75 Å². The van der Waals surface area contributed by atoms with E-state index in [9.17, 15) is 0 Å². The molecule has 1 aromatic carbocycles.